The average Bonchev–Trinajstić information content (AvgIpc) is 3.08. The highest BCUT2D eigenvalue weighted by Crippen LogP contribution is 2.37. The van der Waals surface area contributed by atoms with Gasteiger partial charge in [0.15, 0.2) is 0 Å². The number of carbonyl (C=O) groups is 3. The monoisotopic (exact) mass is 377 g/mol. The highest BCUT2D eigenvalue weighted by molar-refractivity contribution is 6.00. The number of carbonyl (C=O) groups excluding carboxylic acids is 3. The summed E-state index contributed by atoms with van der Waals surface area (Å²) in [4.78, 5) is 39.0. The van der Waals surface area contributed by atoms with Gasteiger partial charge in [0.1, 0.15) is 5.54 Å². The standard InChI is InChI=1S/C22H23N3O3/c23-21(28)22(13-12-15-5-1-2-6-18(15)22)24-20(27)16-8-10-17(11-9-16)25-14-4-3-7-19(25)26/h1-2,5-6,8-11H,3-4,7,12-14H2,(H2,23,28)(H,24,27). The molecule has 1 fully saturated rings. The van der Waals surface area contributed by atoms with Crippen LogP contribution in [-0.2, 0) is 21.5 Å². The first-order chi connectivity index (χ1) is 13.5. The summed E-state index contributed by atoms with van der Waals surface area (Å²) in [5.41, 5.74) is 7.54. The van der Waals surface area contributed by atoms with Crippen LogP contribution in [0.1, 0.15) is 47.2 Å². The maximum absolute atomic E-state index is 12.9. The van der Waals surface area contributed by atoms with Crippen molar-refractivity contribution in [2.75, 3.05) is 11.4 Å². The molecule has 3 N–H and O–H groups in total. The summed E-state index contributed by atoms with van der Waals surface area (Å²) in [5, 5.41) is 2.88. The molecule has 0 bridgehead atoms. The number of piperidine rings is 1. The van der Waals surface area contributed by atoms with E-state index >= 15 is 0 Å². The summed E-state index contributed by atoms with van der Waals surface area (Å²) in [6.07, 6.45) is 3.60. The number of hydrogen-bond acceptors (Lipinski definition) is 3. The van der Waals surface area contributed by atoms with E-state index < -0.39 is 11.4 Å². The van der Waals surface area contributed by atoms with Crippen LogP contribution in [0, 0.1) is 0 Å². The summed E-state index contributed by atoms with van der Waals surface area (Å²) in [7, 11) is 0. The van der Waals surface area contributed by atoms with Crippen LogP contribution in [0.3, 0.4) is 0 Å². The van der Waals surface area contributed by atoms with Crippen LogP contribution in [0.2, 0.25) is 0 Å². The van der Waals surface area contributed by atoms with Crippen molar-refractivity contribution in [3.8, 4) is 0 Å². The third kappa shape index (κ3) is 3.05. The van der Waals surface area contributed by atoms with Gasteiger partial charge < -0.3 is 16.0 Å². The van der Waals surface area contributed by atoms with Crippen molar-refractivity contribution in [3.63, 3.8) is 0 Å². The molecule has 0 aromatic heterocycles. The van der Waals surface area contributed by atoms with Gasteiger partial charge in [-0.1, -0.05) is 24.3 Å². The first-order valence-corrected chi connectivity index (χ1v) is 9.62. The molecule has 1 saturated heterocycles. The molecule has 4 rings (SSSR count). The van der Waals surface area contributed by atoms with Crippen molar-refractivity contribution in [1.82, 2.24) is 5.32 Å². The Morgan fingerprint density at radius 3 is 2.46 bits per heavy atom. The molecule has 3 amide bonds. The van der Waals surface area contributed by atoms with E-state index in [0.29, 0.717) is 31.4 Å². The molecule has 144 valence electrons. The predicted molar refractivity (Wildman–Crippen MR) is 106 cm³/mol. The van der Waals surface area contributed by atoms with E-state index in [1.807, 2.05) is 24.3 Å². The fourth-order valence-electron chi connectivity index (χ4n) is 4.20. The van der Waals surface area contributed by atoms with Crippen molar-refractivity contribution in [2.24, 2.45) is 5.73 Å². The Balaban J connectivity index is 1.56. The molecule has 1 unspecified atom stereocenters. The SMILES string of the molecule is NC(=O)C1(NC(=O)c2ccc(N3CCCCC3=O)cc2)CCc2ccccc21. The Hall–Kier alpha value is -3.15. The fourth-order valence-corrected chi connectivity index (χ4v) is 4.20. The van der Waals surface area contributed by atoms with Gasteiger partial charge in [-0.25, -0.2) is 0 Å². The van der Waals surface area contributed by atoms with Gasteiger partial charge in [0.25, 0.3) is 5.91 Å². The Morgan fingerprint density at radius 2 is 1.75 bits per heavy atom. The van der Waals surface area contributed by atoms with Crippen LogP contribution in [0.25, 0.3) is 0 Å². The molecule has 2 aromatic carbocycles. The molecule has 0 radical (unpaired) electrons. The van der Waals surface area contributed by atoms with Crippen LogP contribution in [0.4, 0.5) is 5.69 Å². The van der Waals surface area contributed by atoms with Gasteiger partial charge in [-0.15, -0.1) is 0 Å². The number of nitrogens with two attached hydrogens (primary N) is 1. The number of benzene rings is 2. The number of hydrogen-bond donors (Lipinski definition) is 2. The first kappa shape index (κ1) is 18.2. The minimum atomic E-state index is -1.19. The van der Waals surface area contributed by atoms with Gasteiger partial charge in [-0.05, 0) is 61.1 Å². The van der Waals surface area contributed by atoms with Crippen molar-refractivity contribution < 1.29 is 14.4 Å². The zero-order chi connectivity index (χ0) is 19.7. The number of rotatable bonds is 4. The van der Waals surface area contributed by atoms with Crippen LogP contribution < -0.4 is 16.0 Å². The van der Waals surface area contributed by atoms with E-state index in [-0.39, 0.29) is 11.8 Å². The van der Waals surface area contributed by atoms with Gasteiger partial charge in [0.05, 0.1) is 0 Å². The summed E-state index contributed by atoms with van der Waals surface area (Å²) < 4.78 is 0. The van der Waals surface area contributed by atoms with Gasteiger partial charge >= 0.3 is 0 Å². The summed E-state index contributed by atoms with van der Waals surface area (Å²) in [6.45, 7) is 0.700. The molecule has 2 aromatic rings. The number of aryl methyl sites for hydroxylation is 1. The second-order valence-corrected chi connectivity index (χ2v) is 7.43. The predicted octanol–water partition coefficient (Wildman–Crippen LogP) is 2.26. The van der Waals surface area contributed by atoms with E-state index in [1.165, 1.54) is 0 Å². The van der Waals surface area contributed by atoms with Crippen molar-refractivity contribution in [3.05, 3.63) is 65.2 Å². The molecular weight excluding hydrogens is 354 g/mol. The van der Waals surface area contributed by atoms with Crippen molar-refractivity contribution in [2.45, 2.75) is 37.6 Å². The van der Waals surface area contributed by atoms with Gasteiger partial charge in [0, 0.05) is 24.2 Å². The summed E-state index contributed by atoms with van der Waals surface area (Å²) in [5.74, 6) is -0.799. The van der Waals surface area contributed by atoms with Crippen LogP contribution >= 0.6 is 0 Å². The minimum absolute atomic E-state index is 0.110. The topological polar surface area (TPSA) is 92.5 Å². The highest BCUT2D eigenvalue weighted by Gasteiger charge is 2.45. The molecule has 1 atom stereocenters. The van der Waals surface area contributed by atoms with E-state index in [9.17, 15) is 14.4 Å². The lowest BCUT2D eigenvalue weighted by Gasteiger charge is -2.29. The Bertz CT molecular complexity index is 938. The largest absolute Gasteiger partial charge is 0.367 e. The van der Waals surface area contributed by atoms with Gasteiger partial charge in [-0.3, -0.25) is 14.4 Å². The molecular formula is C22H23N3O3. The molecule has 1 heterocycles. The number of amides is 3. The Kier molecular flexibility index (Phi) is 4.63. The number of nitrogens with one attached hydrogen (secondary N) is 1. The lowest BCUT2D eigenvalue weighted by atomic mass is 9.90. The number of primary amides is 1. The van der Waals surface area contributed by atoms with Crippen LogP contribution in [-0.4, -0.2) is 24.3 Å². The maximum Gasteiger partial charge on any atom is 0.252 e. The average molecular weight is 377 g/mol. The Morgan fingerprint density at radius 1 is 1.00 bits per heavy atom. The normalized spacial score (nSPS) is 21.3. The van der Waals surface area contributed by atoms with Crippen LogP contribution in [0.15, 0.2) is 48.5 Å². The third-order valence-corrected chi connectivity index (χ3v) is 5.76. The first-order valence-electron chi connectivity index (χ1n) is 9.62. The lowest BCUT2D eigenvalue weighted by Crippen LogP contribution is -2.53. The molecule has 0 spiro atoms. The van der Waals surface area contributed by atoms with Gasteiger partial charge in [-0.2, -0.15) is 0 Å². The second-order valence-electron chi connectivity index (χ2n) is 7.43. The number of anilines is 1. The smallest absolute Gasteiger partial charge is 0.252 e. The molecule has 1 aliphatic heterocycles. The molecule has 6 heteroatoms. The zero-order valence-corrected chi connectivity index (χ0v) is 15.6. The highest BCUT2D eigenvalue weighted by atomic mass is 16.2. The van der Waals surface area contributed by atoms with E-state index in [4.69, 9.17) is 5.73 Å². The number of nitrogens with zero attached hydrogens (tertiary/aromatic N) is 1. The maximum atomic E-state index is 12.9. The van der Waals surface area contributed by atoms with E-state index in [1.54, 1.807) is 29.2 Å². The quantitative estimate of drug-likeness (QED) is 0.856. The minimum Gasteiger partial charge on any atom is -0.367 e. The molecule has 28 heavy (non-hydrogen) atoms. The van der Waals surface area contributed by atoms with Crippen molar-refractivity contribution >= 4 is 23.4 Å². The van der Waals surface area contributed by atoms with Crippen molar-refractivity contribution in [1.29, 1.82) is 0 Å². The van der Waals surface area contributed by atoms with E-state index in [2.05, 4.69) is 5.32 Å². The second kappa shape index (κ2) is 7.11. The molecule has 2 aliphatic rings. The van der Waals surface area contributed by atoms with E-state index in [0.717, 1.165) is 29.7 Å². The lowest BCUT2D eigenvalue weighted by molar-refractivity contribution is -0.124. The molecule has 6 nitrogen and oxygen atoms in total. The van der Waals surface area contributed by atoms with Gasteiger partial charge in [0.2, 0.25) is 11.8 Å². The number of fused-ring (bicyclic) bond motifs is 1. The summed E-state index contributed by atoms with van der Waals surface area (Å²) >= 11 is 0. The molecule has 0 saturated carbocycles. The Labute approximate surface area is 163 Å². The summed E-state index contributed by atoms with van der Waals surface area (Å²) in [6, 6.07) is 14.5. The zero-order valence-electron chi connectivity index (χ0n) is 15.6. The third-order valence-electron chi connectivity index (χ3n) is 5.76. The molecule has 1 aliphatic carbocycles. The van der Waals surface area contributed by atoms with Crippen LogP contribution in [0.5, 0.6) is 0 Å². The fraction of sp³-hybridized carbons (Fsp3) is 0.318.